The molecule has 0 aliphatic carbocycles. The van der Waals surface area contributed by atoms with Gasteiger partial charge in [0.25, 0.3) is 5.91 Å². The lowest BCUT2D eigenvalue weighted by molar-refractivity contribution is -0.128. The van der Waals surface area contributed by atoms with E-state index in [9.17, 15) is 9.59 Å². The van der Waals surface area contributed by atoms with Gasteiger partial charge in [-0.3, -0.25) is 9.69 Å². The van der Waals surface area contributed by atoms with Crippen LogP contribution in [0.25, 0.3) is 0 Å². The number of hydrazone groups is 2. The second kappa shape index (κ2) is 7.13. The molecular weight excluding hydrogens is 260 g/mol. The summed E-state index contributed by atoms with van der Waals surface area (Å²) in [5.41, 5.74) is 0. The molecule has 1 atom stereocenters. The highest BCUT2D eigenvalue weighted by Gasteiger charge is 2.45. The molecule has 3 amide bonds. The number of hydrogen-bond acceptors (Lipinski definition) is 6. The summed E-state index contributed by atoms with van der Waals surface area (Å²) >= 11 is 0. The normalized spacial score (nSPS) is 17.9. The van der Waals surface area contributed by atoms with Gasteiger partial charge >= 0.3 is 6.03 Å². The Morgan fingerprint density at radius 1 is 1.20 bits per heavy atom. The first-order valence-corrected chi connectivity index (χ1v) is 6.10. The van der Waals surface area contributed by atoms with E-state index < -0.39 is 6.04 Å². The van der Waals surface area contributed by atoms with Crippen molar-refractivity contribution in [2.24, 2.45) is 27.8 Å². The van der Waals surface area contributed by atoms with Gasteiger partial charge in [0.1, 0.15) is 6.04 Å². The van der Waals surface area contributed by atoms with Crippen molar-refractivity contribution in [3.63, 3.8) is 0 Å². The fourth-order valence-electron chi connectivity index (χ4n) is 2.04. The summed E-state index contributed by atoms with van der Waals surface area (Å²) < 4.78 is 0. The van der Waals surface area contributed by atoms with Gasteiger partial charge in [0.15, 0.2) is 0 Å². The molecule has 0 bridgehead atoms. The third kappa shape index (κ3) is 3.26. The molecule has 8 heteroatoms. The van der Waals surface area contributed by atoms with E-state index in [0.29, 0.717) is 0 Å². The maximum Gasteiger partial charge on any atom is 0.328 e. The average molecular weight is 278 g/mol. The van der Waals surface area contributed by atoms with Crippen molar-refractivity contribution in [2.45, 2.75) is 19.9 Å². The number of nitrogens with two attached hydrogens (primary N) is 2. The minimum Gasteiger partial charge on any atom is -0.315 e. The molecule has 0 aromatic rings. The van der Waals surface area contributed by atoms with Gasteiger partial charge in [0, 0.05) is 11.7 Å². The summed E-state index contributed by atoms with van der Waals surface area (Å²) in [4.78, 5) is 27.1. The third-order valence-corrected chi connectivity index (χ3v) is 2.86. The van der Waals surface area contributed by atoms with Crippen LogP contribution in [0.15, 0.2) is 22.4 Å². The molecule has 1 fully saturated rings. The number of hydrogen-bond donors (Lipinski definition) is 2. The van der Waals surface area contributed by atoms with Crippen LogP contribution >= 0.6 is 0 Å². The fraction of sp³-hybridized carbons (Fsp3) is 0.500. The van der Waals surface area contributed by atoms with Gasteiger partial charge in [-0.2, -0.15) is 0 Å². The van der Waals surface area contributed by atoms with Crippen molar-refractivity contribution in [2.75, 3.05) is 13.1 Å². The van der Waals surface area contributed by atoms with Gasteiger partial charge in [-0.05, 0) is 18.1 Å². The Morgan fingerprint density at radius 2 is 1.75 bits per heavy atom. The van der Waals surface area contributed by atoms with E-state index in [1.807, 2.05) is 13.8 Å². The molecule has 0 radical (unpaired) electrons. The quantitative estimate of drug-likeness (QED) is 0.304. The zero-order chi connectivity index (χ0) is 15.1. The van der Waals surface area contributed by atoms with Crippen molar-refractivity contribution in [1.82, 2.24) is 9.80 Å². The Morgan fingerprint density at radius 3 is 2.25 bits per heavy atom. The minimum atomic E-state index is -0.512. The van der Waals surface area contributed by atoms with Crippen molar-refractivity contribution >= 4 is 23.7 Å². The molecule has 1 heterocycles. The van der Waals surface area contributed by atoms with Crippen LogP contribution in [0.3, 0.4) is 0 Å². The van der Waals surface area contributed by atoms with Crippen LogP contribution in [0.1, 0.15) is 13.8 Å². The summed E-state index contributed by atoms with van der Waals surface area (Å²) in [6, 6.07) is -0.889. The van der Waals surface area contributed by atoms with Gasteiger partial charge in [0.2, 0.25) is 0 Å². The van der Waals surface area contributed by atoms with Crippen molar-refractivity contribution in [3.8, 4) is 0 Å². The molecular formula is C12H18N6O2. The third-order valence-electron chi connectivity index (χ3n) is 2.86. The molecule has 20 heavy (non-hydrogen) atoms. The van der Waals surface area contributed by atoms with Crippen LogP contribution in [0.5, 0.6) is 0 Å². The van der Waals surface area contributed by atoms with E-state index in [1.54, 1.807) is 0 Å². The number of nitrogens with zero attached hydrogens (tertiary/aromatic N) is 4. The molecule has 4 N–H and O–H groups in total. The Bertz CT molecular complexity index is 500. The molecule has 0 saturated carbocycles. The van der Waals surface area contributed by atoms with Crippen molar-refractivity contribution in [3.05, 3.63) is 12.2 Å². The van der Waals surface area contributed by atoms with Crippen LogP contribution in [-0.2, 0) is 4.79 Å². The van der Waals surface area contributed by atoms with Crippen LogP contribution in [0.4, 0.5) is 4.79 Å². The molecule has 0 aromatic carbocycles. The predicted molar refractivity (Wildman–Crippen MR) is 74.8 cm³/mol. The second-order valence-electron chi connectivity index (χ2n) is 4.50. The molecule has 8 nitrogen and oxygen atoms in total. The largest absolute Gasteiger partial charge is 0.328 e. The summed E-state index contributed by atoms with van der Waals surface area (Å²) in [7, 11) is 0. The number of carbonyl (C=O) groups excluding carboxylic acids is 2. The zero-order valence-corrected chi connectivity index (χ0v) is 11.5. The lowest BCUT2D eigenvalue weighted by Crippen LogP contribution is -2.39. The summed E-state index contributed by atoms with van der Waals surface area (Å²) in [5, 5.41) is 6.38. The van der Waals surface area contributed by atoms with E-state index in [0.717, 1.165) is 4.90 Å². The molecule has 1 saturated heterocycles. The smallest absolute Gasteiger partial charge is 0.315 e. The number of imide groups is 1. The number of urea groups is 1. The standard InChI is InChI=1S/C12H18N6O2/c1-9(2)10-11(19)18(8-4-6-16-14)12(20)17(10)7-3-5-15-13/h3-4,9-10H,7-8,13-14H2,1-2H3. The highest BCUT2D eigenvalue weighted by atomic mass is 16.2. The SMILES string of the molecule is CC(C)C1C(=O)N(CC=C=NN)C(=O)N1CC=C=NN. The van der Waals surface area contributed by atoms with E-state index in [2.05, 4.69) is 21.9 Å². The summed E-state index contributed by atoms with van der Waals surface area (Å²) in [5.74, 6) is 14.4. The van der Waals surface area contributed by atoms with Crippen LogP contribution in [0, 0.1) is 5.92 Å². The molecule has 1 aliphatic heterocycles. The van der Waals surface area contributed by atoms with Crippen LogP contribution in [-0.4, -0.2) is 52.6 Å². The van der Waals surface area contributed by atoms with Crippen LogP contribution < -0.4 is 11.7 Å². The average Bonchev–Trinajstić information content (AvgIpc) is 2.63. The Hall–Kier alpha value is -2.56. The number of amides is 3. The maximum absolute atomic E-state index is 12.3. The topological polar surface area (TPSA) is 117 Å². The van der Waals surface area contributed by atoms with Gasteiger partial charge in [0.05, 0.1) is 13.1 Å². The minimum absolute atomic E-state index is 0.00757. The number of carbonyl (C=O) groups is 2. The van der Waals surface area contributed by atoms with Gasteiger partial charge < -0.3 is 16.6 Å². The number of rotatable bonds is 5. The first kappa shape index (κ1) is 15.5. The van der Waals surface area contributed by atoms with E-state index in [4.69, 9.17) is 11.7 Å². The summed E-state index contributed by atoms with van der Waals surface area (Å²) in [6.07, 6.45) is 2.93. The van der Waals surface area contributed by atoms with Crippen LogP contribution in [0.2, 0.25) is 0 Å². The lowest BCUT2D eigenvalue weighted by atomic mass is 10.0. The predicted octanol–water partition coefficient (Wildman–Crippen LogP) is -0.526. The van der Waals surface area contributed by atoms with E-state index in [-0.39, 0.29) is 30.9 Å². The first-order chi connectivity index (χ1) is 9.54. The lowest BCUT2D eigenvalue weighted by Gasteiger charge is -2.22. The molecule has 0 spiro atoms. The van der Waals surface area contributed by atoms with Crippen molar-refractivity contribution < 1.29 is 9.59 Å². The highest BCUT2D eigenvalue weighted by molar-refractivity contribution is 6.04. The monoisotopic (exact) mass is 278 g/mol. The van der Waals surface area contributed by atoms with E-state index >= 15 is 0 Å². The van der Waals surface area contributed by atoms with E-state index in [1.165, 1.54) is 17.1 Å². The molecule has 1 rings (SSSR count). The van der Waals surface area contributed by atoms with Gasteiger partial charge in [-0.15, -0.1) is 10.2 Å². The molecule has 1 aliphatic rings. The van der Waals surface area contributed by atoms with Crippen molar-refractivity contribution in [1.29, 1.82) is 0 Å². The molecule has 0 aromatic heterocycles. The highest BCUT2D eigenvalue weighted by Crippen LogP contribution is 2.23. The zero-order valence-electron chi connectivity index (χ0n) is 11.5. The Balaban J connectivity index is 2.97. The molecule has 1 unspecified atom stereocenters. The van der Waals surface area contributed by atoms with Gasteiger partial charge in [-0.25, -0.2) is 4.79 Å². The fourth-order valence-corrected chi connectivity index (χ4v) is 2.04. The first-order valence-electron chi connectivity index (χ1n) is 6.10. The summed E-state index contributed by atoms with van der Waals surface area (Å²) in [6.45, 7) is 4.07. The molecule has 108 valence electrons. The maximum atomic E-state index is 12.3. The Labute approximate surface area is 117 Å². The van der Waals surface area contributed by atoms with Gasteiger partial charge in [-0.1, -0.05) is 13.8 Å². The second-order valence-corrected chi connectivity index (χ2v) is 4.50. The Kier molecular flexibility index (Phi) is 5.53.